The van der Waals surface area contributed by atoms with E-state index >= 15 is 0 Å². The predicted molar refractivity (Wildman–Crippen MR) is 82.8 cm³/mol. The molecule has 88 valence electrons. The molecule has 0 saturated heterocycles. The lowest BCUT2D eigenvalue weighted by Gasteiger charge is -2.01. The summed E-state index contributed by atoms with van der Waals surface area (Å²) in [5, 5.41) is 1.05. The lowest BCUT2D eigenvalue weighted by atomic mass is 10.1. The highest BCUT2D eigenvalue weighted by atomic mass is 79.9. The fourth-order valence-corrected chi connectivity index (χ4v) is 3.32. The van der Waals surface area contributed by atoms with Crippen LogP contribution < -0.4 is 0 Å². The van der Waals surface area contributed by atoms with E-state index in [0.29, 0.717) is 0 Å². The van der Waals surface area contributed by atoms with E-state index < -0.39 is 0 Å². The molecule has 0 saturated carbocycles. The Morgan fingerprint density at radius 3 is 2.72 bits per heavy atom. The van der Waals surface area contributed by atoms with Gasteiger partial charge in [0.05, 0.1) is 10.2 Å². The Hall–Kier alpha value is -1.45. The Balaban J connectivity index is 2.14. The Morgan fingerprint density at radius 2 is 2.00 bits per heavy atom. The van der Waals surface area contributed by atoms with Gasteiger partial charge in [0.15, 0.2) is 0 Å². The van der Waals surface area contributed by atoms with Crippen molar-refractivity contribution in [2.24, 2.45) is 0 Å². The molecule has 0 radical (unpaired) electrons. The van der Waals surface area contributed by atoms with E-state index in [0.717, 1.165) is 26.1 Å². The molecular weight excluding hydrogens is 306 g/mol. The molecule has 1 heterocycles. The lowest BCUT2D eigenvalue weighted by Crippen LogP contribution is -1.79. The number of aromatic nitrogens is 1. The largest absolute Gasteiger partial charge is 0.236 e. The summed E-state index contributed by atoms with van der Waals surface area (Å²) in [5.74, 6) is 0. The first-order chi connectivity index (χ1) is 8.78. The third kappa shape index (κ3) is 2.00. The first kappa shape index (κ1) is 11.6. The topological polar surface area (TPSA) is 12.9 Å². The minimum Gasteiger partial charge on any atom is -0.236 e. The highest BCUT2D eigenvalue weighted by Gasteiger charge is 2.07. The van der Waals surface area contributed by atoms with Gasteiger partial charge >= 0.3 is 0 Å². The van der Waals surface area contributed by atoms with Crippen molar-refractivity contribution in [2.45, 2.75) is 0 Å². The molecule has 0 atom stereocenters. The van der Waals surface area contributed by atoms with Crippen LogP contribution in [-0.2, 0) is 0 Å². The normalized spacial score (nSPS) is 10.7. The van der Waals surface area contributed by atoms with Gasteiger partial charge in [0.1, 0.15) is 5.01 Å². The highest BCUT2D eigenvalue weighted by molar-refractivity contribution is 9.10. The minimum absolute atomic E-state index is 1.05. The van der Waals surface area contributed by atoms with E-state index in [9.17, 15) is 0 Å². The van der Waals surface area contributed by atoms with Crippen LogP contribution >= 0.6 is 27.3 Å². The van der Waals surface area contributed by atoms with E-state index in [1.54, 1.807) is 11.3 Å². The fourth-order valence-electron chi connectivity index (χ4n) is 1.82. The molecule has 0 spiro atoms. The maximum atomic E-state index is 4.65. The zero-order valence-corrected chi connectivity index (χ0v) is 12.0. The van der Waals surface area contributed by atoms with Crippen molar-refractivity contribution in [2.75, 3.05) is 0 Å². The van der Waals surface area contributed by atoms with Crippen LogP contribution in [0.3, 0.4) is 0 Å². The quantitative estimate of drug-likeness (QED) is 0.619. The van der Waals surface area contributed by atoms with E-state index in [2.05, 4.69) is 51.8 Å². The van der Waals surface area contributed by atoms with Gasteiger partial charge in [0.25, 0.3) is 0 Å². The second-order valence-electron chi connectivity index (χ2n) is 3.93. The molecule has 0 unspecified atom stereocenters. The minimum atomic E-state index is 1.05. The van der Waals surface area contributed by atoms with Gasteiger partial charge in [-0.15, -0.1) is 11.3 Å². The maximum absolute atomic E-state index is 4.65. The summed E-state index contributed by atoms with van der Waals surface area (Å²) in [6.07, 6.45) is 1.84. The number of thiazole rings is 1. The van der Waals surface area contributed by atoms with Crippen LogP contribution in [0, 0.1) is 0 Å². The molecule has 3 rings (SSSR count). The smallest absolute Gasteiger partial charge is 0.124 e. The lowest BCUT2D eigenvalue weighted by molar-refractivity contribution is 1.47. The summed E-state index contributed by atoms with van der Waals surface area (Å²) >= 11 is 5.27. The standard InChI is InChI=1S/C15H10BrNS/c1-2-10-7-8-11(9-12(10)16)15-17-13-5-3-4-6-14(13)18-15/h2-9H,1H2. The molecular formula is C15H10BrNS. The number of hydrogen-bond donors (Lipinski definition) is 0. The average Bonchev–Trinajstić information content (AvgIpc) is 2.82. The van der Waals surface area contributed by atoms with E-state index in [1.165, 1.54) is 4.70 Å². The third-order valence-electron chi connectivity index (χ3n) is 2.76. The van der Waals surface area contributed by atoms with Crippen LogP contribution in [0.5, 0.6) is 0 Å². The number of benzene rings is 2. The van der Waals surface area contributed by atoms with E-state index in [4.69, 9.17) is 0 Å². The molecule has 0 bridgehead atoms. The molecule has 0 aliphatic carbocycles. The zero-order valence-electron chi connectivity index (χ0n) is 9.56. The van der Waals surface area contributed by atoms with Gasteiger partial charge in [-0.2, -0.15) is 0 Å². The van der Waals surface area contributed by atoms with Gasteiger partial charge in [-0.25, -0.2) is 4.98 Å². The summed E-state index contributed by atoms with van der Waals surface area (Å²) in [6, 6.07) is 14.4. The number of para-hydroxylation sites is 1. The molecule has 0 aliphatic heterocycles. The molecule has 0 aliphatic rings. The highest BCUT2D eigenvalue weighted by Crippen LogP contribution is 2.32. The van der Waals surface area contributed by atoms with Gasteiger partial charge in [-0.05, 0) is 23.8 Å². The second-order valence-corrected chi connectivity index (χ2v) is 5.81. The first-order valence-electron chi connectivity index (χ1n) is 5.56. The van der Waals surface area contributed by atoms with Gasteiger partial charge in [0.2, 0.25) is 0 Å². The molecule has 3 heteroatoms. The second kappa shape index (κ2) is 4.67. The van der Waals surface area contributed by atoms with Crippen molar-refractivity contribution in [3.05, 3.63) is 59.1 Å². The van der Waals surface area contributed by atoms with Crippen molar-refractivity contribution in [1.82, 2.24) is 4.98 Å². The Labute approximate surface area is 118 Å². The van der Waals surface area contributed by atoms with Crippen molar-refractivity contribution >= 4 is 43.6 Å². The van der Waals surface area contributed by atoms with Crippen molar-refractivity contribution in [3.8, 4) is 10.6 Å². The average molecular weight is 316 g/mol. The van der Waals surface area contributed by atoms with Crippen LogP contribution in [-0.4, -0.2) is 4.98 Å². The van der Waals surface area contributed by atoms with Gasteiger partial charge in [-0.3, -0.25) is 0 Å². The third-order valence-corrected chi connectivity index (χ3v) is 4.53. The number of nitrogens with zero attached hydrogens (tertiary/aromatic N) is 1. The maximum Gasteiger partial charge on any atom is 0.124 e. The predicted octanol–water partition coefficient (Wildman–Crippen LogP) is 5.37. The molecule has 1 nitrogen and oxygen atoms in total. The molecule has 3 aromatic rings. The molecule has 0 fully saturated rings. The molecule has 1 aromatic heterocycles. The summed E-state index contributed by atoms with van der Waals surface area (Å²) in [6.45, 7) is 3.79. The molecule has 18 heavy (non-hydrogen) atoms. The summed E-state index contributed by atoms with van der Waals surface area (Å²) < 4.78 is 2.27. The Morgan fingerprint density at radius 1 is 1.17 bits per heavy atom. The van der Waals surface area contributed by atoms with Crippen LogP contribution in [0.4, 0.5) is 0 Å². The van der Waals surface area contributed by atoms with Gasteiger partial charge in [-0.1, -0.05) is 52.9 Å². The van der Waals surface area contributed by atoms with Gasteiger partial charge in [0, 0.05) is 10.0 Å². The number of rotatable bonds is 2. The Bertz CT molecular complexity index is 697. The van der Waals surface area contributed by atoms with Crippen LogP contribution in [0.2, 0.25) is 0 Å². The van der Waals surface area contributed by atoms with E-state index in [1.807, 2.05) is 24.3 Å². The van der Waals surface area contributed by atoms with Gasteiger partial charge < -0.3 is 0 Å². The molecule has 0 N–H and O–H groups in total. The van der Waals surface area contributed by atoms with Crippen molar-refractivity contribution in [3.63, 3.8) is 0 Å². The number of fused-ring (bicyclic) bond motifs is 1. The molecule has 0 amide bonds. The molecule has 2 aromatic carbocycles. The summed E-state index contributed by atoms with van der Waals surface area (Å²) in [5.41, 5.74) is 3.29. The summed E-state index contributed by atoms with van der Waals surface area (Å²) in [7, 11) is 0. The number of halogens is 1. The van der Waals surface area contributed by atoms with Crippen LogP contribution in [0.25, 0.3) is 26.9 Å². The first-order valence-corrected chi connectivity index (χ1v) is 7.17. The van der Waals surface area contributed by atoms with Crippen LogP contribution in [0.1, 0.15) is 5.56 Å². The summed E-state index contributed by atoms with van der Waals surface area (Å²) in [4.78, 5) is 4.65. The fraction of sp³-hybridized carbons (Fsp3) is 0. The number of hydrogen-bond acceptors (Lipinski definition) is 2. The van der Waals surface area contributed by atoms with E-state index in [-0.39, 0.29) is 0 Å². The van der Waals surface area contributed by atoms with Crippen LogP contribution in [0.15, 0.2) is 53.5 Å². The van der Waals surface area contributed by atoms with Crippen molar-refractivity contribution < 1.29 is 0 Å². The SMILES string of the molecule is C=Cc1ccc(-c2nc3ccccc3s2)cc1Br. The monoisotopic (exact) mass is 315 g/mol. The Kier molecular flexibility index (Phi) is 3.02. The zero-order chi connectivity index (χ0) is 12.5. The van der Waals surface area contributed by atoms with Crippen molar-refractivity contribution in [1.29, 1.82) is 0 Å².